The summed E-state index contributed by atoms with van der Waals surface area (Å²) in [6.07, 6.45) is -7.88. The predicted molar refractivity (Wildman–Crippen MR) is 136 cm³/mol. The minimum Gasteiger partial charge on any atom is -0.493 e. The molecule has 1 atom stereocenters. The van der Waals surface area contributed by atoms with Crippen LogP contribution in [0.1, 0.15) is 41.0 Å². The first-order valence-electron chi connectivity index (χ1n) is 12.0. The zero-order valence-electron chi connectivity index (χ0n) is 21.3. The van der Waals surface area contributed by atoms with Crippen molar-refractivity contribution in [2.75, 3.05) is 36.2 Å². The summed E-state index contributed by atoms with van der Waals surface area (Å²) in [7, 11) is 0. The molecule has 1 aliphatic heterocycles. The number of benzene rings is 1. The van der Waals surface area contributed by atoms with E-state index in [1.807, 2.05) is 0 Å². The van der Waals surface area contributed by atoms with Gasteiger partial charge in [0.2, 0.25) is 0 Å². The number of aliphatic hydroxyl groups is 2. The van der Waals surface area contributed by atoms with Gasteiger partial charge >= 0.3 is 12.4 Å². The molecule has 40 heavy (non-hydrogen) atoms. The van der Waals surface area contributed by atoms with E-state index in [9.17, 15) is 31.4 Å². The van der Waals surface area contributed by atoms with Gasteiger partial charge in [0.05, 0.1) is 36.6 Å². The number of aliphatic hydroxyl groups excluding tert-OH is 2. The Bertz CT molecular complexity index is 1370. The number of hydrogen-bond donors (Lipinski definition) is 3. The van der Waals surface area contributed by atoms with Gasteiger partial charge < -0.3 is 25.2 Å². The molecule has 0 saturated heterocycles. The van der Waals surface area contributed by atoms with Gasteiger partial charge in [-0.25, -0.2) is 15.0 Å². The van der Waals surface area contributed by atoms with Crippen LogP contribution in [0.25, 0.3) is 0 Å². The molecule has 0 bridgehead atoms. The lowest BCUT2D eigenvalue weighted by Crippen LogP contribution is -2.34. The number of nitrogens with zero attached hydrogens (tertiary/aromatic N) is 4. The smallest absolute Gasteiger partial charge is 0.419 e. The summed E-state index contributed by atoms with van der Waals surface area (Å²) in [6.45, 7) is 0.896. The highest BCUT2D eigenvalue weighted by atomic mass is 32.2. The second-order valence-electron chi connectivity index (χ2n) is 8.76. The molecule has 0 spiro atoms. The Balaban J connectivity index is 1.69. The van der Waals surface area contributed by atoms with Crippen LogP contribution in [0.15, 0.2) is 35.6 Å². The molecule has 1 aliphatic rings. The van der Waals surface area contributed by atoms with Gasteiger partial charge in [-0.2, -0.15) is 26.3 Å². The number of fused-ring (bicyclic) bond motifs is 1. The Morgan fingerprint density at radius 3 is 2.45 bits per heavy atom. The molecular formula is C25H25F6N5O3S. The van der Waals surface area contributed by atoms with E-state index in [4.69, 9.17) is 9.84 Å². The lowest BCUT2D eigenvalue weighted by Gasteiger charge is -2.32. The first kappa shape index (κ1) is 29.7. The van der Waals surface area contributed by atoms with E-state index in [1.165, 1.54) is 28.8 Å². The van der Waals surface area contributed by atoms with Crippen molar-refractivity contribution in [3.8, 4) is 5.75 Å². The first-order chi connectivity index (χ1) is 18.8. The molecule has 4 rings (SSSR count). The molecule has 8 nitrogen and oxygen atoms in total. The largest absolute Gasteiger partial charge is 0.493 e. The van der Waals surface area contributed by atoms with Crippen molar-refractivity contribution in [1.29, 1.82) is 0 Å². The van der Waals surface area contributed by atoms with E-state index < -0.39 is 36.2 Å². The first-order valence-corrected chi connectivity index (χ1v) is 13.2. The number of halogens is 6. The Kier molecular flexibility index (Phi) is 8.66. The van der Waals surface area contributed by atoms with Crippen LogP contribution in [-0.2, 0) is 25.3 Å². The van der Waals surface area contributed by atoms with Crippen molar-refractivity contribution >= 4 is 29.1 Å². The topological polar surface area (TPSA) is 104 Å². The van der Waals surface area contributed by atoms with Crippen LogP contribution in [0.3, 0.4) is 0 Å². The second-order valence-corrected chi connectivity index (χ2v) is 9.53. The van der Waals surface area contributed by atoms with Crippen molar-refractivity contribution in [3.05, 3.63) is 58.4 Å². The third kappa shape index (κ3) is 6.36. The normalized spacial score (nSPS) is 14.6. The molecule has 2 aromatic heterocycles. The fraction of sp³-hybridized carbons (Fsp3) is 0.400. The van der Waals surface area contributed by atoms with Crippen molar-refractivity contribution in [2.45, 2.75) is 43.5 Å². The number of thioether (sulfide) groups is 1. The lowest BCUT2D eigenvalue weighted by atomic mass is 10.0. The van der Waals surface area contributed by atoms with Gasteiger partial charge in [0.1, 0.15) is 23.5 Å². The maximum atomic E-state index is 13.9. The van der Waals surface area contributed by atoms with E-state index in [0.717, 1.165) is 18.3 Å². The van der Waals surface area contributed by atoms with Gasteiger partial charge in [0.25, 0.3) is 0 Å². The van der Waals surface area contributed by atoms with E-state index >= 15 is 0 Å². The molecular weight excluding hydrogens is 564 g/mol. The molecule has 0 radical (unpaired) electrons. The van der Waals surface area contributed by atoms with Crippen LogP contribution in [-0.4, -0.2) is 51.2 Å². The summed E-state index contributed by atoms with van der Waals surface area (Å²) < 4.78 is 87.1. The minimum absolute atomic E-state index is 0.0236. The summed E-state index contributed by atoms with van der Waals surface area (Å²) in [4.78, 5) is 14.3. The number of aromatic nitrogens is 3. The van der Waals surface area contributed by atoms with Gasteiger partial charge in [-0.15, -0.1) is 0 Å². The minimum atomic E-state index is -4.78. The van der Waals surface area contributed by atoms with Crippen molar-refractivity contribution in [3.63, 3.8) is 0 Å². The van der Waals surface area contributed by atoms with Crippen LogP contribution >= 0.6 is 11.8 Å². The average Bonchev–Trinajstić information content (AvgIpc) is 2.91. The molecule has 3 heterocycles. The number of pyridine rings is 1. The summed E-state index contributed by atoms with van der Waals surface area (Å²) in [6, 6.07) is 4.13. The number of nitrogens with one attached hydrogen (secondary N) is 1. The molecule has 3 aromatic rings. The Hall–Kier alpha value is -3.30. The highest BCUT2D eigenvalue weighted by Gasteiger charge is 2.38. The monoisotopic (exact) mass is 589 g/mol. The summed E-state index contributed by atoms with van der Waals surface area (Å²) in [5.41, 5.74) is -0.835. The molecule has 1 aromatic carbocycles. The predicted octanol–water partition coefficient (Wildman–Crippen LogP) is 5.36. The fourth-order valence-corrected chi connectivity index (χ4v) is 4.64. The van der Waals surface area contributed by atoms with Gasteiger partial charge in [0.15, 0.2) is 5.16 Å². The highest BCUT2D eigenvalue weighted by molar-refractivity contribution is 7.98. The van der Waals surface area contributed by atoms with Crippen LogP contribution in [0.4, 0.5) is 43.7 Å². The van der Waals surface area contributed by atoms with Crippen LogP contribution < -0.4 is 15.0 Å². The number of alkyl halides is 6. The van der Waals surface area contributed by atoms with Gasteiger partial charge in [-0.05, 0) is 37.8 Å². The zero-order valence-corrected chi connectivity index (χ0v) is 22.1. The SMILES string of the molecule is CCOc1cc(Nc2nc(SC)nc3c2CCN(c2ncc([C@H](O)CO)cc2C(F)(F)F)C3)ccc1C(F)(F)F. The van der Waals surface area contributed by atoms with Gasteiger partial charge in [0, 0.05) is 35.6 Å². The van der Waals surface area contributed by atoms with E-state index in [0.29, 0.717) is 22.2 Å². The summed E-state index contributed by atoms with van der Waals surface area (Å²) in [5, 5.41) is 22.3. The lowest BCUT2D eigenvalue weighted by molar-refractivity contribution is -0.139. The second kappa shape index (κ2) is 11.7. The molecule has 15 heteroatoms. The van der Waals surface area contributed by atoms with Gasteiger partial charge in [-0.3, -0.25) is 0 Å². The Morgan fingerprint density at radius 1 is 1.10 bits per heavy atom. The molecule has 216 valence electrons. The number of hydrogen-bond acceptors (Lipinski definition) is 9. The zero-order chi connectivity index (χ0) is 29.2. The Morgan fingerprint density at radius 2 is 1.82 bits per heavy atom. The van der Waals surface area contributed by atoms with Gasteiger partial charge in [-0.1, -0.05) is 11.8 Å². The van der Waals surface area contributed by atoms with Crippen molar-refractivity contribution in [2.24, 2.45) is 0 Å². The van der Waals surface area contributed by atoms with Crippen LogP contribution in [0.2, 0.25) is 0 Å². The summed E-state index contributed by atoms with van der Waals surface area (Å²) in [5.74, 6) is -0.378. The number of ether oxygens (including phenoxy) is 1. The third-order valence-electron chi connectivity index (χ3n) is 6.13. The van der Waals surface area contributed by atoms with Crippen LogP contribution in [0.5, 0.6) is 5.75 Å². The maximum absolute atomic E-state index is 13.9. The quantitative estimate of drug-likeness (QED) is 0.182. The third-order valence-corrected chi connectivity index (χ3v) is 6.67. The highest BCUT2D eigenvalue weighted by Crippen LogP contribution is 2.40. The number of anilines is 3. The molecule has 0 saturated carbocycles. The molecule has 0 fully saturated rings. The molecule has 0 aliphatic carbocycles. The van der Waals surface area contributed by atoms with Crippen LogP contribution in [0, 0.1) is 0 Å². The maximum Gasteiger partial charge on any atom is 0.419 e. The Labute approximate surface area is 229 Å². The fourth-order valence-electron chi connectivity index (χ4n) is 4.25. The number of rotatable bonds is 8. The standard InChI is InChI=1S/C25H25F6N5O3S/c1-3-39-20-9-14(4-5-16(20)24(26,27)28)33-21-15-6-7-36(11-18(15)34-23(35-21)40-2)22-17(25(29,30)31)8-13(10-32-22)19(38)12-37/h4-5,8-10,19,37-38H,3,6-7,11-12H2,1-2H3,(H,33,34,35)/t19-/m1/s1. The average molecular weight is 590 g/mol. The molecule has 0 unspecified atom stereocenters. The molecule has 0 amide bonds. The van der Waals surface area contributed by atoms with E-state index in [-0.39, 0.29) is 48.9 Å². The summed E-state index contributed by atoms with van der Waals surface area (Å²) >= 11 is 1.19. The van der Waals surface area contributed by atoms with E-state index in [1.54, 1.807) is 13.2 Å². The molecule has 3 N–H and O–H groups in total. The van der Waals surface area contributed by atoms with E-state index in [2.05, 4.69) is 20.3 Å². The van der Waals surface area contributed by atoms with Crippen molar-refractivity contribution < 1.29 is 41.3 Å². The van der Waals surface area contributed by atoms with Crippen molar-refractivity contribution in [1.82, 2.24) is 15.0 Å².